The normalized spacial score (nSPS) is 12.6. The van der Waals surface area contributed by atoms with Gasteiger partial charge in [0, 0.05) is 10.9 Å². The van der Waals surface area contributed by atoms with Crippen LogP contribution in [0.25, 0.3) is 33.1 Å². The van der Waals surface area contributed by atoms with Crippen molar-refractivity contribution in [3.05, 3.63) is 66.7 Å². The van der Waals surface area contributed by atoms with E-state index in [0.29, 0.717) is 11.0 Å². The van der Waals surface area contributed by atoms with Crippen LogP contribution in [0.3, 0.4) is 0 Å². The minimum absolute atomic E-state index is 0.165. The molecule has 0 radical (unpaired) electrons. The summed E-state index contributed by atoms with van der Waals surface area (Å²) in [4.78, 5) is 0. The fourth-order valence-electron chi connectivity index (χ4n) is 2.90. The van der Waals surface area contributed by atoms with E-state index in [0.717, 1.165) is 17.2 Å². The highest BCUT2D eigenvalue weighted by Crippen LogP contribution is 2.41. The third-order valence-electron chi connectivity index (χ3n) is 4.05. The molecule has 0 bridgehead atoms. The van der Waals surface area contributed by atoms with E-state index in [9.17, 15) is 21.6 Å². The van der Waals surface area contributed by atoms with Crippen LogP contribution in [0.5, 0.6) is 5.75 Å². The first-order valence-electron chi connectivity index (χ1n) is 7.78. The molecule has 0 aliphatic carbocycles. The van der Waals surface area contributed by atoms with E-state index in [2.05, 4.69) is 4.18 Å². The predicted octanol–water partition coefficient (Wildman–Crippen LogP) is 5.48. The van der Waals surface area contributed by atoms with E-state index in [1.807, 2.05) is 36.4 Å². The highest BCUT2D eigenvalue weighted by atomic mass is 32.2. The summed E-state index contributed by atoms with van der Waals surface area (Å²) in [5.41, 5.74) is -3.28. The highest BCUT2D eigenvalue weighted by molar-refractivity contribution is 7.88. The Balaban J connectivity index is 1.97. The molecule has 0 aliphatic heterocycles. The van der Waals surface area contributed by atoms with Gasteiger partial charge in [-0.25, -0.2) is 0 Å². The van der Waals surface area contributed by atoms with Crippen LogP contribution in [0.2, 0.25) is 0 Å². The van der Waals surface area contributed by atoms with Crippen molar-refractivity contribution in [2.24, 2.45) is 0 Å². The summed E-state index contributed by atoms with van der Waals surface area (Å²) in [7, 11) is -5.79. The Hall–Kier alpha value is -3.00. The van der Waals surface area contributed by atoms with Crippen molar-refractivity contribution in [1.82, 2.24) is 0 Å². The van der Waals surface area contributed by atoms with E-state index < -0.39 is 21.4 Å². The molecule has 0 spiro atoms. The molecule has 4 aromatic rings. The molecule has 27 heavy (non-hydrogen) atoms. The summed E-state index contributed by atoms with van der Waals surface area (Å²) in [5.74, 6) is -0.436. The highest BCUT2D eigenvalue weighted by Gasteiger charge is 2.48. The quantitative estimate of drug-likeness (QED) is 0.342. The van der Waals surface area contributed by atoms with Gasteiger partial charge in [-0.05, 0) is 17.7 Å². The Morgan fingerprint density at radius 2 is 1.56 bits per heavy atom. The first-order valence-corrected chi connectivity index (χ1v) is 9.19. The first-order chi connectivity index (χ1) is 12.8. The van der Waals surface area contributed by atoms with Gasteiger partial charge in [-0.1, -0.05) is 54.6 Å². The van der Waals surface area contributed by atoms with E-state index >= 15 is 0 Å². The lowest BCUT2D eigenvalue weighted by Crippen LogP contribution is -2.28. The predicted molar refractivity (Wildman–Crippen MR) is 94.8 cm³/mol. The van der Waals surface area contributed by atoms with Gasteiger partial charge < -0.3 is 8.60 Å². The third-order valence-corrected chi connectivity index (χ3v) is 5.02. The zero-order chi connectivity index (χ0) is 19.2. The zero-order valence-electron chi connectivity index (χ0n) is 13.5. The van der Waals surface area contributed by atoms with E-state index in [1.165, 1.54) is 12.1 Å². The SMILES string of the molecule is O=S(=O)(Oc1cccc2oc3c(-c4ccccc4)cccc3c12)C(F)(F)F. The number of benzene rings is 3. The van der Waals surface area contributed by atoms with Crippen molar-refractivity contribution >= 4 is 32.1 Å². The maximum absolute atomic E-state index is 12.7. The van der Waals surface area contributed by atoms with Crippen LogP contribution in [0, 0.1) is 0 Å². The number of hydrogen-bond acceptors (Lipinski definition) is 4. The average molecular weight is 392 g/mol. The molecule has 138 valence electrons. The number of para-hydroxylation sites is 1. The molecule has 4 nitrogen and oxygen atoms in total. The summed E-state index contributed by atoms with van der Waals surface area (Å²) in [6.07, 6.45) is 0. The Bertz CT molecular complexity index is 1240. The lowest BCUT2D eigenvalue weighted by molar-refractivity contribution is -0.0499. The van der Waals surface area contributed by atoms with Gasteiger partial charge in [0.1, 0.15) is 11.2 Å². The summed E-state index contributed by atoms with van der Waals surface area (Å²) >= 11 is 0. The molecule has 0 aliphatic rings. The van der Waals surface area contributed by atoms with Gasteiger partial charge in [0.25, 0.3) is 0 Å². The second kappa shape index (κ2) is 6.02. The van der Waals surface area contributed by atoms with Crippen molar-refractivity contribution in [3.63, 3.8) is 0 Å². The van der Waals surface area contributed by atoms with Crippen LogP contribution in [0.4, 0.5) is 13.2 Å². The van der Waals surface area contributed by atoms with Gasteiger partial charge in [-0.2, -0.15) is 21.6 Å². The van der Waals surface area contributed by atoms with Gasteiger partial charge in [-0.15, -0.1) is 0 Å². The molecule has 0 fully saturated rings. The lowest BCUT2D eigenvalue weighted by Gasteiger charge is -2.10. The van der Waals surface area contributed by atoms with Gasteiger partial charge >= 0.3 is 15.6 Å². The number of hydrogen-bond donors (Lipinski definition) is 0. The minimum Gasteiger partial charge on any atom is -0.455 e. The van der Waals surface area contributed by atoms with Crippen LogP contribution in [0.1, 0.15) is 0 Å². The maximum atomic E-state index is 12.7. The number of rotatable bonds is 3. The van der Waals surface area contributed by atoms with Crippen LogP contribution in [0.15, 0.2) is 71.1 Å². The van der Waals surface area contributed by atoms with Crippen molar-refractivity contribution in [3.8, 4) is 16.9 Å². The molecule has 0 unspecified atom stereocenters. The Labute approximate surface area is 151 Å². The van der Waals surface area contributed by atoms with Gasteiger partial charge in [0.2, 0.25) is 0 Å². The second-order valence-corrected chi connectivity index (χ2v) is 7.30. The minimum atomic E-state index is -5.79. The molecule has 8 heteroatoms. The van der Waals surface area contributed by atoms with Gasteiger partial charge in [0.15, 0.2) is 5.75 Å². The Kier molecular flexibility index (Phi) is 3.88. The van der Waals surface area contributed by atoms with Crippen molar-refractivity contribution in [2.75, 3.05) is 0 Å². The summed E-state index contributed by atoms with van der Waals surface area (Å²) in [6.45, 7) is 0. The van der Waals surface area contributed by atoms with Crippen molar-refractivity contribution < 1.29 is 30.2 Å². The molecular formula is C19H11F3O4S. The molecule has 0 N–H and O–H groups in total. The van der Waals surface area contributed by atoms with E-state index in [4.69, 9.17) is 4.42 Å². The van der Waals surface area contributed by atoms with E-state index in [-0.39, 0.29) is 11.0 Å². The molecular weight excluding hydrogens is 381 g/mol. The summed E-state index contributed by atoms with van der Waals surface area (Å²) in [6, 6.07) is 18.5. The molecule has 0 atom stereocenters. The second-order valence-electron chi connectivity index (χ2n) is 5.76. The largest absolute Gasteiger partial charge is 0.534 e. The van der Waals surface area contributed by atoms with Gasteiger partial charge in [-0.3, -0.25) is 0 Å². The third kappa shape index (κ3) is 2.91. The van der Waals surface area contributed by atoms with Gasteiger partial charge in [0.05, 0.1) is 5.39 Å². The van der Waals surface area contributed by atoms with Crippen LogP contribution in [-0.4, -0.2) is 13.9 Å². The average Bonchev–Trinajstić information content (AvgIpc) is 3.01. The maximum Gasteiger partial charge on any atom is 0.534 e. The monoisotopic (exact) mass is 392 g/mol. The van der Waals surface area contributed by atoms with E-state index in [1.54, 1.807) is 12.1 Å². The first kappa shape index (κ1) is 17.4. The number of alkyl halides is 3. The Morgan fingerprint density at radius 1 is 0.852 bits per heavy atom. The standard InChI is InChI=1S/C19H11F3O4S/c20-19(21,22)27(23,24)26-16-11-5-10-15-17(16)14-9-4-8-13(18(14)25-15)12-6-2-1-3-7-12/h1-11H. The zero-order valence-corrected chi connectivity index (χ0v) is 14.3. The summed E-state index contributed by atoms with van der Waals surface area (Å²) in [5, 5.41) is 0.623. The topological polar surface area (TPSA) is 56.5 Å². The fraction of sp³-hybridized carbons (Fsp3) is 0.0526. The molecule has 3 aromatic carbocycles. The van der Waals surface area contributed by atoms with Crippen molar-refractivity contribution in [1.29, 1.82) is 0 Å². The molecule has 4 rings (SSSR count). The molecule has 0 saturated carbocycles. The Morgan fingerprint density at radius 3 is 2.26 bits per heavy atom. The lowest BCUT2D eigenvalue weighted by atomic mass is 10.0. The number of fused-ring (bicyclic) bond motifs is 3. The number of furan rings is 1. The smallest absolute Gasteiger partial charge is 0.455 e. The summed E-state index contributed by atoms with van der Waals surface area (Å²) < 4.78 is 71.2. The fourth-order valence-corrected chi connectivity index (χ4v) is 3.36. The molecule has 1 heterocycles. The molecule has 0 amide bonds. The van der Waals surface area contributed by atoms with Crippen LogP contribution < -0.4 is 4.18 Å². The van der Waals surface area contributed by atoms with Crippen LogP contribution in [-0.2, 0) is 10.1 Å². The van der Waals surface area contributed by atoms with Crippen LogP contribution >= 0.6 is 0 Å². The molecule has 0 saturated heterocycles. The molecule has 1 aromatic heterocycles. The van der Waals surface area contributed by atoms with Crippen molar-refractivity contribution in [2.45, 2.75) is 5.51 Å². The number of halogens is 3.